The molecule has 1 N–H and O–H groups in total. The quantitative estimate of drug-likeness (QED) is 0.915. The standard InChI is InChI=1S/C17H22N4O/c22-17-14-6-1-2-7-15(14)18-16(19-17)12-20-9-10-21-8-4-3-5-13(21)11-20/h1-2,6-7,13H,3-5,8-12H2,(H,18,19,22)/t13-/m0/s1. The fraction of sp³-hybridized carbons (Fsp3) is 0.529. The van der Waals surface area contributed by atoms with Crippen LogP contribution in [0.3, 0.4) is 0 Å². The summed E-state index contributed by atoms with van der Waals surface area (Å²) in [5.74, 6) is 0.785. The van der Waals surface area contributed by atoms with E-state index in [2.05, 4.69) is 19.8 Å². The largest absolute Gasteiger partial charge is 0.309 e. The number of piperidine rings is 1. The van der Waals surface area contributed by atoms with Crippen molar-refractivity contribution in [3.8, 4) is 0 Å². The van der Waals surface area contributed by atoms with E-state index >= 15 is 0 Å². The molecule has 5 nitrogen and oxygen atoms in total. The molecule has 1 aromatic carbocycles. The monoisotopic (exact) mass is 298 g/mol. The topological polar surface area (TPSA) is 52.2 Å². The van der Waals surface area contributed by atoms with Gasteiger partial charge >= 0.3 is 0 Å². The Hall–Kier alpha value is -1.72. The van der Waals surface area contributed by atoms with Crippen molar-refractivity contribution in [3.05, 3.63) is 40.4 Å². The summed E-state index contributed by atoms with van der Waals surface area (Å²) in [6.07, 6.45) is 3.99. The lowest BCUT2D eigenvalue weighted by molar-refractivity contribution is 0.0445. The first-order valence-corrected chi connectivity index (χ1v) is 8.24. The van der Waals surface area contributed by atoms with Gasteiger partial charge in [-0.25, -0.2) is 4.98 Å². The van der Waals surface area contributed by atoms with Gasteiger partial charge in [-0.05, 0) is 31.5 Å². The molecule has 2 aromatic rings. The Kier molecular flexibility index (Phi) is 3.68. The lowest BCUT2D eigenvalue weighted by Crippen LogP contribution is -2.54. The second kappa shape index (κ2) is 5.82. The highest BCUT2D eigenvalue weighted by Gasteiger charge is 2.28. The van der Waals surface area contributed by atoms with Gasteiger partial charge in [0.2, 0.25) is 0 Å². The average Bonchev–Trinajstić information content (AvgIpc) is 2.55. The minimum absolute atomic E-state index is 0.0306. The fourth-order valence-electron chi connectivity index (χ4n) is 3.79. The molecule has 1 aromatic heterocycles. The SMILES string of the molecule is O=c1[nH]c(CN2CCN3CCCC[C@H]3C2)nc2ccccc12. The first-order valence-electron chi connectivity index (χ1n) is 8.24. The molecule has 0 spiro atoms. The van der Waals surface area contributed by atoms with Crippen molar-refractivity contribution in [2.45, 2.75) is 31.8 Å². The smallest absolute Gasteiger partial charge is 0.258 e. The Morgan fingerprint density at radius 1 is 1.18 bits per heavy atom. The van der Waals surface area contributed by atoms with E-state index in [4.69, 9.17) is 0 Å². The van der Waals surface area contributed by atoms with Crippen LogP contribution in [0.1, 0.15) is 25.1 Å². The molecule has 0 unspecified atom stereocenters. The number of para-hydroxylation sites is 1. The molecule has 4 rings (SSSR count). The van der Waals surface area contributed by atoms with E-state index in [0.29, 0.717) is 11.4 Å². The van der Waals surface area contributed by atoms with Crippen molar-refractivity contribution in [1.29, 1.82) is 0 Å². The van der Waals surface area contributed by atoms with Crippen LogP contribution >= 0.6 is 0 Å². The molecule has 116 valence electrons. The second-order valence-corrected chi connectivity index (χ2v) is 6.45. The molecule has 2 saturated heterocycles. The van der Waals surface area contributed by atoms with Crippen LogP contribution in [-0.4, -0.2) is 52.0 Å². The molecular weight excluding hydrogens is 276 g/mol. The number of benzene rings is 1. The Labute approximate surface area is 130 Å². The molecule has 0 saturated carbocycles. The van der Waals surface area contributed by atoms with Crippen LogP contribution in [0.15, 0.2) is 29.1 Å². The van der Waals surface area contributed by atoms with Gasteiger partial charge in [0.25, 0.3) is 5.56 Å². The van der Waals surface area contributed by atoms with E-state index in [1.165, 1.54) is 25.8 Å². The highest BCUT2D eigenvalue weighted by Crippen LogP contribution is 2.21. The lowest BCUT2D eigenvalue weighted by atomic mass is 9.99. The number of fused-ring (bicyclic) bond motifs is 2. The minimum Gasteiger partial charge on any atom is -0.309 e. The third kappa shape index (κ3) is 2.66. The molecule has 0 radical (unpaired) electrons. The molecule has 0 bridgehead atoms. The van der Waals surface area contributed by atoms with E-state index in [1.54, 1.807) is 0 Å². The highest BCUT2D eigenvalue weighted by atomic mass is 16.1. The first-order chi connectivity index (χ1) is 10.8. The van der Waals surface area contributed by atoms with Crippen LogP contribution < -0.4 is 5.56 Å². The van der Waals surface area contributed by atoms with Gasteiger partial charge in [0.05, 0.1) is 17.4 Å². The summed E-state index contributed by atoms with van der Waals surface area (Å²) in [6.45, 7) is 5.29. The van der Waals surface area contributed by atoms with Crippen LogP contribution in [-0.2, 0) is 6.54 Å². The summed E-state index contributed by atoms with van der Waals surface area (Å²) in [5, 5.41) is 0.670. The van der Waals surface area contributed by atoms with Crippen molar-refractivity contribution in [2.24, 2.45) is 0 Å². The number of nitrogens with zero attached hydrogens (tertiary/aromatic N) is 3. The molecule has 5 heteroatoms. The van der Waals surface area contributed by atoms with Crippen LogP contribution in [0.5, 0.6) is 0 Å². The van der Waals surface area contributed by atoms with Gasteiger partial charge < -0.3 is 4.98 Å². The van der Waals surface area contributed by atoms with Crippen molar-refractivity contribution < 1.29 is 0 Å². The molecule has 22 heavy (non-hydrogen) atoms. The number of piperazine rings is 1. The maximum absolute atomic E-state index is 12.1. The Morgan fingerprint density at radius 3 is 3.05 bits per heavy atom. The van der Waals surface area contributed by atoms with Crippen molar-refractivity contribution >= 4 is 10.9 Å². The zero-order valence-corrected chi connectivity index (χ0v) is 12.8. The van der Waals surface area contributed by atoms with E-state index in [1.807, 2.05) is 24.3 Å². The van der Waals surface area contributed by atoms with Crippen LogP contribution in [0.2, 0.25) is 0 Å². The molecule has 0 amide bonds. The van der Waals surface area contributed by atoms with Crippen LogP contribution in [0.25, 0.3) is 10.9 Å². The van der Waals surface area contributed by atoms with E-state index in [-0.39, 0.29) is 5.56 Å². The molecule has 3 heterocycles. The van der Waals surface area contributed by atoms with Crippen molar-refractivity contribution in [1.82, 2.24) is 19.8 Å². The average molecular weight is 298 g/mol. The summed E-state index contributed by atoms with van der Waals surface area (Å²) in [6, 6.07) is 8.23. The molecule has 2 fully saturated rings. The van der Waals surface area contributed by atoms with Crippen LogP contribution in [0, 0.1) is 0 Å². The number of aromatic amines is 1. The second-order valence-electron chi connectivity index (χ2n) is 6.45. The van der Waals surface area contributed by atoms with Gasteiger partial charge in [-0.3, -0.25) is 14.6 Å². The highest BCUT2D eigenvalue weighted by molar-refractivity contribution is 5.77. The number of hydrogen-bond donors (Lipinski definition) is 1. The van der Waals surface area contributed by atoms with Gasteiger partial charge in [-0.15, -0.1) is 0 Å². The normalized spacial score (nSPS) is 23.5. The molecule has 2 aliphatic heterocycles. The Bertz CT molecular complexity index is 726. The van der Waals surface area contributed by atoms with E-state index in [9.17, 15) is 4.79 Å². The lowest BCUT2D eigenvalue weighted by Gasteiger charge is -2.43. The predicted molar refractivity (Wildman–Crippen MR) is 86.9 cm³/mol. The predicted octanol–water partition coefficient (Wildman–Crippen LogP) is 1.59. The van der Waals surface area contributed by atoms with Crippen LogP contribution in [0.4, 0.5) is 0 Å². The fourth-order valence-corrected chi connectivity index (χ4v) is 3.79. The first kappa shape index (κ1) is 13.9. The van der Waals surface area contributed by atoms with E-state index in [0.717, 1.165) is 37.5 Å². The molecule has 1 atom stereocenters. The number of nitrogens with one attached hydrogen (secondary N) is 1. The molecule has 2 aliphatic rings. The minimum atomic E-state index is -0.0306. The zero-order valence-electron chi connectivity index (χ0n) is 12.8. The third-order valence-corrected chi connectivity index (χ3v) is 4.96. The van der Waals surface area contributed by atoms with Gasteiger partial charge in [-0.2, -0.15) is 0 Å². The van der Waals surface area contributed by atoms with Gasteiger partial charge in [0, 0.05) is 25.7 Å². The maximum atomic E-state index is 12.1. The van der Waals surface area contributed by atoms with Crippen molar-refractivity contribution in [3.63, 3.8) is 0 Å². The number of rotatable bonds is 2. The summed E-state index contributed by atoms with van der Waals surface area (Å²) in [4.78, 5) is 24.8. The zero-order chi connectivity index (χ0) is 14.9. The maximum Gasteiger partial charge on any atom is 0.258 e. The summed E-state index contributed by atoms with van der Waals surface area (Å²) in [7, 11) is 0. The van der Waals surface area contributed by atoms with Crippen molar-refractivity contribution in [2.75, 3.05) is 26.2 Å². The molecule has 0 aliphatic carbocycles. The van der Waals surface area contributed by atoms with E-state index < -0.39 is 0 Å². The van der Waals surface area contributed by atoms with Gasteiger partial charge in [0.15, 0.2) is 0 Å². The summed E-state index contributed by atoms with van der Waals surface area (Å²) in [5.41, 5.74) is 0.759. The Balaban J connectivity index is 1.52. The van der Waals surface area contributed by atoms with Gasteiger partial charge in [0.1, 0.15) is 5.82 Å². The Morgan fingerprint density at radius 2 is 2.09 bits per heavy atom. The number of hydrogen-bond acceptors (Lipinski definition) is 4. The number of aromatic nitrogens is 2. The van der Waals surface area contributed by atoms with Gasteiger partial charge in [-0.1, -0.05) is 18.6 Å². The number of H-pyrrole nitrogens is 1. The molecular formula is C17H22N4O. The summed E-state index contributed by atoms with van der Waals surface area (Å²) < 4.78 is 0. The summed E-state index contributed by atoms with van der Waals surface area (Å²) >= 11 is 0. The third-order valence-electron chi connectivity index (χ3n) is 4.96.